The molecule has 1 amide bonds. The average Bonchev–Trinajstić information content (AvgIpc) is 2.71. The molecular formula is C21H19Cl3N4O2. The van der Waals surface area contributed by atoms with E-state index in [2.05, 4.69) is 15.3 Å². The fourth-order valence-corrected chi connectivity index (χ4v) is 4.70. The number of carbonyl (C=O) groups excluding carboxylic acids is 1. The third-order valence-electron chi connectivity index (χ3n) is 5.33. The SMILES string of the molecule is CC1c2c(Cl)cc(Cl)cc2CCN1C(=O)CNc1ccc2c(=O)[nH]c(CCl)nc2c1. The van der Waals surface area contributed by atoms with Crippen molar-refractivity contribution < 1.29 is 4.79 Å². The van der Waals surface area contributed by atoms with Gasteiger partial charge in [-0.25, -0.2) is 4.98 Å². The maximum atomic E-state index is 12.9. The number of hydrogen-bond donors (Lipinski definition) is 2. The number of aromatic amines is 1. The quantitative estimate of drug-likeness (QED) is 0.555. The van der Waals surface area contributed by atoms with Crippen LogP contribution in [0.2, 0.25) is 10.0 Å². The van der Waals surface area contributed by atoms with E-state index in [0.717, 1.165) is 11.1 Å². The van der Waals surface area contributed by atoms with Crippen molar-refractivity contribution in [1.29, 1.82) is 0 Å². The lowest BCUT2D eigenvalue weighted by molar-refractivity contribution is -0.131. The number of alkyl halides is 1. The van der Waals surface area contributed by atoms with Crippen LogP contribution < -0.4 is 10.9 Å². The van der Waals surface area contributed by atoms with E-state index >= 15 is 0 Å². The Morgan fingerprint density at radius 3 is 2.87 bits per heavy atom. The molecule has 0 bridgehead atoms. The third-order valence-corrected chi connectivity index (χ3v) is 6.12. The van der Waals surface area contributed by atoms with Crippen LogP contribution >= 0.6 is 34.8 Å². The first-order valence-corrected chi connectivity index (χ1v) is 10.8. The molecule has 3 aromatic rings. The lowest BCUT2D eigenvalue weighted by Crippen LogP contribution is -2.41. The van der Waals surface area contributed by atoms with Crippen molar-refractivity contribution in [3.63, 3.8) is 0 Å². The summed E-state index contributed by atoms with van der Waals surface area (Å²) < 4.78 is 0. The van der Waals surface area contributed by atoms with Crippen LogP contribution in [0.15, 0.2) is 35.1 Å². The van der Waals surface area contributed by atoms with E-state index in [4.69, 9.17) is 34.8 Å². The highest BCUT2D eigenvalue weighted by Gasteiger charge is 2.29. The van der Waals surface area contributed by atoms with Gasteiger partial charge < -0.3 is 15.2 Å². The van der Waals surface area contributed by atoms with Gasteiger partial charge in [0.1, 0.15) is 5.82 Å². The molecule has 1 atom stereocenters. The molecule has 0 radical (unpaired) electrons. The highest BCUT2D eigenvalue weighted by Crippen LogP contribution is 2.36. The number of anilines is 1. The van der Waals surface area contributed by atoms with E-state index in [1.807, 2.05) is 17.9 Å². The summed E-state index contributed by atoms with van der Waals surface area (Å²) in [6, 6.07) is 8.65. The second kappa shape index (κ2) is 8.46. The first-order chi connectivity index (χ1) is 14.4. The number of H-pyrrole nitrogens is 1. The van der Waals surface area contributed by atoms with Gasteiger partial charge in [0.25, 0.3) is 5.56 Å². The van der Waals surface area contributed by atoms with Gasteiger partial charge in [-0.3, -0.25) is 9.59 Å². The number of carbonyl (C=O) groups is 1. The van der Waals surface area contributed by atoms with E-state index < -0.39 is 0 Å². The molecule has 2 aromatic carbocycles. The van der Waals surface area contributed by atoms with Crippen molar-refractivity contribution in [2.24, 2.45) is 0 Å². The Bertz CT molecular complexity index is 1190. The number of nitrogens with one attached hydrogen (secondary N) is 2. The molecule has 2 N–H and O–H groups in total. The van der Waals surface area contributed by atoms with Crippen molar-refractivity contribution in [1.82, 2.24) is 14.9 Å². The number of benzene rings is 2. The predicted molar refractivity (Wildman–Crippen MR) is 121 cm³/mol. The van der Waals surface area contributed by atoms with Gasteiger partial charge in [-0.15, -0.1) is 11.6 Å². The largest absolute Gasteiger partial charge is 0.376 e. The van der Waals surface area contributed by atoms with Crippen LogP contribution in [0.1, 0.15) is 29.9 Å². The lowest BCUT2D eigenvalue weighted by atomic mass is 9.93. The molecule has 30 heavy (non-hydrogen) atoms. The summed E-state index contributed by atoms with van der Waals surface area (Å²) in [5.74, 6) is 0.475. The Balaban J connectivity index is 1.50. The van der Waals surface area contributed by atoms with E-state index in [1.165, 1.54) is 0 Å². The molecule has 4 rings (SSSR count). The van der Waals surface area contributed by atoms with Gasteiger partial charge in [0, 0.05) is 22.3 Å². The molecule has 2 heterocycles. The third kappa shape index (κ3) is 4.00. The summed E-state index contributed by atoms with van der Waals surface area (Å²) in [4.78, 5) is 33.8. The lowest BCUT2D eigenvalue weighted by Gasteiger charge is -2.36. The molecule has 0 fully saturated rings. The molecule has 6 nitrogen and oxygen atoms in total. The second-order valence-corrected chi connectivity index (χ2v) is 8.32. The van der Waals surface area contributed by atoms with Crippen LogP contribution in [0.5, 0.6) is 0 Å². The summed E-state index contributed by atoms with van der Waals surface area (Å²) in [6.45, 7) is 2.68. The van der Waals surface area contributed by atoms with E-state index in [1.54, 1.807) is 24.3 Å². The topological polar surface area (TPSA) is 78.1 Å². The molecule has 1 unspecified atom stereocenters. The van der Waals surface area contributed by atoms with Gasteiger partial charge in [0.15, 0.2) is 0 Å². The van der Waals surface area contributed by atoms with Crippen LogP contribution in [0.4, 0.5) is 5.69 Å². The zero-order valence-electron chi connectivity index (χ0n) is 16.1. The number of hydrogen-bond acceptors (Lipinski definition) is 4. The smallest absolute Gasteiger partial charge is 0.258 e. The standard InChI is InChI=1S/C21H19Cl3N4O2/c1-11-20-12(6-13(23)7-16(20)24)4-5-28(11)19(29)10-25-14-2-3-15-17(8-14)26-18(9-22)27-21(15)30/h2-3,6-8,11,25H,4-5,9-10H2,1H3,(H,26,27,30). The van der Waals surface area contributed by atoms with Crippen molar-refractivity contribution in [2.45, 2.75) is 25.3 Å². The molecule has 0 spiro atoms. The zero-order chi connectivity index (χ0) is 21.4. The van der Waals surface area contributed by atoms with Gasteiger partial charge in [-0.1, -0.05) is 23.2 Å². The predicted octanol–water partition coefficient (Wildman–Crippen LogP) is 4.53. The van der Waals surface area contributed by atoms with Gasteiger partial charge >= 0.3 is 0 Å². The number of nitrogens with zero attached hydrogens (tertiary/aromatic N) is 2. The Morgan fingerprint density at radius 1 is 1.30 bits per heavy atom. The average molecular weight is 466 g/mol. The maximum absolute atomic E-state index is 12.9. The Labute approximate surface area is 188 Å². The van der Waals surface area contributed by atoms with Gasteiger partial charge in [-0.05, 0) is 54.8 Å². The molecular weight excluding hydrogens is 447 g/mol. The number of halogens is 3. The monoisotopic (exact) mass is 464 g/mol. The minimum Gasteiger partial charge on any atom is -0.376 e. The summed E-state index contributed by atoms with van der Waals surface area (Å²) in [6.07, 6.45) is 0.704. The second-order valence-electron chi connectivity index (χ2n) is 7.21. The minimum absolute atomic E-state index is 0.0421. The van der Waals surface area contributed by atoms with Crippen LogP contribution in [-0.2, 0) is 17.1 Å². The van der Waals surface area contributed by atoms with E-state index in [9.17, 15) is 9.59 Å². The first kappa shape index (κ1) is 21.0. The van der Waals surface area contributed by atoms with E-state index in [-0.39, 0.29) is 29.9 Å². The maximum Gasteiger partial charge on any atom is 0.258 e. The molecule has 1 aliphatic rings. The summed E-state index contributed by atoms with van der Waals surface area (Å²) in [7, 11) is 0. The van der Waals surface area contributed by atoms with Crippen LogP contribution in [-0.4, -0.2) is 33.9 Å². The summed E-state index contributed by atoms with van der Waals surface area (Å²) >= 11 is 18.3. The van der Waals surface area contributed by atoms with Gasteiger partial charge in [0.05, 0.1) is 29.4 Å². The molecule has 9 heteroatoms. The fourth-order valence-electron chi connectivity index (χ4n) is 3.88. The van der Waals surface area contributed by atoms with Crippen molar-refractivity contribution >= 4 is 57.3 Å². The van der Waals surface area contributed by atoms with Crippen molar-refractivity contribution in [3.8, 4) is 0 Å². The minimum atomic E-state index is -0.240. The number of aromatic nitrogens is 2. The highest BCUT2D eigenvalue weighted by atomic mass is 35.5. The summed E-state index contributed by atoms with van der Waals surface area (Å²) in [5.41, 5.74) is 3.01. The highest BCUT2D eigenvalue weighted by molar-refractivity contribution is 6.35. The van der Waals surface area contributed by atoms with Crippen LogP contribution in [0.25, 0.3) is 10.9 Å². The van der Waals surface area contributed by atoms with Gasteiger partial charge in [-0.2, -0.15) is 0 Å². The Kier molecular flexibility index (Phi) is 5.91. The molecule has 156 valence electrons. The summed E-state index contributed by atoms with van der Waals surface area (Å²) in [5, 5.41) is 4.78. The van der Waals surface area contributed by atoms with Gasteiger partial charge in [0.2, 0.25) is 5.91 Å². The van der Waals surface area contributed by atoms with E-state index in [0.29, 0.717) is 45.4 Å². The first-order valence-electron chi connectivity index (χ1n) is 9.47. The molecule has 0 saturated carbocycles. The zero-order valence-corrected chi connectivity index (χ0v) is 18.4. The van der Waals surface area contributed by atoms with Crippen LogP contribution in [0.3, 0.4) is 0 Å². The molecule has 1 aromatic heterocycles. The molecule has 0 saturated heterocycles. The fraction of sp³-hybridized carbons (Fsp3) is 0.286. The normalized spacial score (nSPS) is 15.9. The number of amides is 1. The number of rotatable bonds is 4. The molecule has 0 aliphatic carbocycles. The number of fused-ring (bicyclic) bond motifs is 2. The van der Waals surface area contributed by atoms with Crippen molar-refractivity contribution in [3.05, 3.63) is 67.7 Å². The Hall–Kier alpha value is -2.28. The van der Waals surface area contributed by atoms with Crippen LogP contribution in [0, 0.1) is 0 Å². The van der Waals surface area contributed by atoms with Crippen molar-refractivity contribution in [2.75, 3.05) is 18.4 Å². The Morgan fingerprint density at radius 2 is 2.10 bits per heavy atom. The molecule has 1 aliphatic heterocycles.